The highest BCUT2D eigenvalue weighted by Gasteiger charge is 2.37. The van der Waals surface area contributed by atoms with Gasteiger partial charge in [-0.25, -0.2) is 0 Å². The van der Waals surface area contributed by atoms with Crippen molar-refractivity contribution in [1.29, 1.82) is 0 Å². The Bertz CT molecular complexity index is 760. The van der Waals surface area contributed by atoms with Gasteiger partial charge in [-0.3, -0.25) is 9.69 Å². The first-order valence-electron chi connectivity index (χ1n) is 7.46. The summed E-state index contributed by atoms with van der Waals surface area (Å²) in [5.74, 6) is 0.0470. The van der Waals surface area contributed by atoms with Gasteiger partial charge in [0, 0.05) is 12.2 Å². The van der Waals surface area contributed by atoms with E-state index in [0.29, 0.717) is 10.9 Å². The smallest absolute Gasteiger partial charge is 0.247 e. The number of anilines is 2. The molecule has 5 heteroatoms. The lowest BCUT2D eigenvalue weighted by Gasteiger charge is -2.16. The van der Waals surface area contributed by atoms with E-state index in [1.165, 1.54) is 17.3 Å². The molecule has 0 bridgehead atoms. The molecule has 23 heavy (non-hydrogen) atoms. The first kappa shape index (κ1) is 16.0. The molecule has 118 valence electrons. The molecule has 1 heterocycles. The molecule has 1 unspecified atom stereocenters. The molecule has 1 atom stereocenters. The van der Waals surface area contributed by atoms with Crippen LogP contribution in [0.1, 0.15) is 11.1 Å². The summed E-state index contributed by atoms with van der Waals surface area (Å²) in [7, 11) is 0. The Kier molecular flexibility index (Phi) is 4.68. The Morgan fingerprint density at radius 3 is 2.52 bits per heavy atom. The van der Waals surface area contributed by atoms with Crippen molar-refractivity contribution in [2.75, 3.05) is 16.8 Å². The normalized spacial score (nSPS) is 17.7. The van der Waals surface area contributed by atoms with E-state index in [9.17, 15) is 4.79 Å². The molecule has 1 amide bonds. The van der Waals surface area contributed by atoms with Crippen molar-refractivity contribution >= 4 is 45.6 Å². The lowest BCUT2D eigenvalue weighted by molar-refractivity contribution is -0.116. The predicted octanol–water partition coefficient (Wildman–Crippen LogP) is 4.15. The van der Waals surface area contributed by atoms with E-state index in [2.05, 4.69) is 24.4 Å². The molecule has 1 fully saturated rings. The molecule has 2 aromatic carbocycles. The number of amides is 1. The molecule has 1 aliphatic heterocycles. The van der Waals surface area contributed by atoms with Gasteiger partial charge >= 0.3 is 0 Å². The van der Waals surface area contributed by atoms with Gasteiger partial charge in [0.05, 0.1) is 5.69 Å². The highest BCUT2D eigenvalue weighted by atomic mass is 32.2. The van der Waals surface area contributed by atoms with Crippen LogP contribution in [0.5, 0.6) is 0 Å². The fraction of sp³-hybridized carbons (Fsp3) is 0.222. The van der Waals surface area contributed by atoms with Gasteiger partial charge in [0.15, 0.2) is 0 Å². The van der Waals surface area contributed by atoms with E-state index in [-0.39, 0.29) is 11.2 Å². The Labute approximate surface area is 146 Å². The number of carbonyl (C=O) groups excluding carboxylic acids is 1. The van der Waals surface area contributed by atoms with Crippen LogP contribution in [0, 0.1) is 13.8 Å². The highest BCUT2D eigenvalue weighted by molar-refractivity contribution is 8.25. The van der Waals surface area contributed by atoms with Crippen LogP contribution >= 0.6 is 24.0 Å². The minimum atomic E-state index is -0.191. The number of hydrogen-bond acceptors (Lipinski definition) is 4. The number of nitrogens with zero attached hydrogens (tertiary/aromatic N) is 1. The first-order chi connectivity index (χ1) is 11.0. The molecule has 0 spiro atoms. The van der Waals surface area contributed by atoms with Crippen molar-refractivity contribution in [3.63, 3.8) is 0 Å². The van der Waals surface area contributed by atoms with Gasteiger partial charge in [-0.05, 0) is 49.2 Å². The van der Waals surface area contributed by atoms with Crippen molar-refractivity contribution in [3.05, 3.63) is 59.7 Å². The number of carbonyl (C=O) groups is 1. The Morgan fingerprint density at radius 2 is 1.83 bits per heavy atom. The maximum atomic E-state index is 12.7. The van der Waals surface area contributed by atoms with Crippen LogP contribution in [-0.2, 0) is 4.79 Å². The van der Waals surface area contributed by atoms with E-state index in [1.807, 2.05) is 43.3 Å². The fourth-order valence-electron chi connectivity index (χ4n) is 2.55. The molecule has 0 aromatic heterocycles. The zero-order valence-corrected chi connectivity index (χ0v) is 14.7. The van der Waals surface area contributed by atoms with Crippen molar-refractivity contribution in [2.24, 2.45) is 0 Å². The van der Waals surface area contributed by atoms with Crippen molar-refractivity contribution in [2.45, 2.75) is 19.1 Å². The van der Waals surface area contributed by atoms with E-state index >= 15 is 0 Å². The second-order valence-electron chi connectivity index (χ2n) is 5.64. The third-order valence-corrected chi connectivity index (χ3v) is 5.20. The Balaban J connectivity index is 1.71. The van der Waals surface area contributed by atoms with Crippen LogP contribution in [0.4, 0.5) is 11.4 Å². The van der Waals surface area contributed by atoms with Gasteiger partial charge in [-0.1, -0.05) is 48.2 Å². The molecule has 1 aliphatic rings. The third kappa shape index (κ3) is 3.57. The maximum Gasteiger partial charge on any atom is 0.247 e. The summed E-state index contributed by atoms with van der Waals surface area (Å²) in [5.41, 5.74) is 4.19. The lowest BCUT2D eigenvalue weighted by Crippen LogP contribution is -2.33. The van der Waals surface area contributed by atoms with Crippen LogP contribution in [0.25, 0.3) is 0 Å². The fourth-order valence-corrected chi connectivity index (χ4v) is 4.01. The Morgan fingerprint density at radius 1 is 1.13 bits per heavy atom. The second-order valence-corrected chi connectivity index (χ2v) is 7.47. The van der Waals surface area contributed by atoms with Crippen molar-refractivity contribution in [3.8, 4) is 0 Å². The zero-order chi connectivity index (χ0) is 16.4. The van der Waals surface area contributed by atoms with Crippen LogP contribution < -0.4 is 10.2 Å². The molecule has 0 saturated carbocycles. The third-order valence-electron chi connectivity index (χ3n) is 3.69. The summed E-state index contributed by atoms with van der Waals surface area (Å²) in [4.78, 5) is 14.3. The van der Waals surface area contributed by atoms with Gasteiger partial charge in [0.2, 0.25) is 5.91 Å². The average Bonchev–Trinajstić information content (AvgIpc) is 2.79. The average molecular weight is 342 g/mol. The van der Waals surface area contributed by atoms with Gasteiger partial charge < -0.3 is 5.32 Å². The minimum Gasteiger partial charge on any atom is -0.383 e. The molecule has 2 aromatic rings. The van der Waals surface area contributed by atoms with Gasteiger partial charge in [0.25, 0.3) is 0 Å². The van der Waals surface area contributed by atoms with E-state index in [0.717, 1.165) is 16.9 Å². The number of rotatable bonds is 4. The minimum absolute atomic E-state index is 0.0470. The van der Waals surface area contributed by atoms with Gasteiger partial charge in [-0.2, -0.15) is 0 Å². The number of benzene rings is 2. The number of thiocarbonyl (C=S) groups is 1. The van der Waals surface area contributed by atoms with Crippen LogP contribution in [0.3, 0.4) is 0 Å². The molecular formula is C18H18N2OS2. The van der Waals surface area contributed by atoms with E-state index < -0.39 is 0 Å². The summed E-state index contributed by atoms with van der Waals surface area (Å²) in [6.45, 7) is 4.63. The quantitative estimate of drug-likeness (QED) is 0.846. The van der Waals surface area contributed by atoms with Crippen molar-refractivity contribution < 1.29 is 4.79 Å². The highest BCUT2D eigenvalue weighted by Crippen LogP contribution is 2.32. The standard InChI is InChI=1S/C18H18N2OS2/c1-12-5-3-7-14(9-12)19-11-16-17(21)20(18(22)23-16)15-8-4-6-13(2)10-15/h3-10,16,19H,11H2,1-2H3. The lowest BCUT2D eigenvalue weighted by atomic mass is 10.2. The number of aryl methyl sites for hydroxylation is 2. The summed E-state index contributed by atoms with van der Waals surface area (Å²) in [6.07, 6.45) is 0. The number of nitrogens with one attached hydrogen (secondary N) is 1. The topological polar surface area (TPSA) is 32.3 Å². The zero-order valence-electron chi connectivity index (χ0n) is 13.1. The number of thioether (sulfide) groups is 1. The van der Waals surface area contributed by atoms with Crippen LogP contribution in [-0.4, -0.2) is 22.0 Å². The SMILES string of the molecule is Cc1cccc(NCC2SC(=S)N(c3cccc(C)c3)C2=O)c1. The van der Waals surface area contributed by atoms with Crippen molar-refractivity contribution in [1.82, 2.24) is 0 Å². The summed E-state index contributed by atoms with van der Waals surface area (Å²) in [6, 6.07) is 16.0. The van der Waals surface area contributed by atoms with Gasteiger partial charge in [0.1, 0.15) is 9.57 Å². The van der Waals surface area contributed by atoms with E-state index in [1.54, 1.807) is 4.90 Å². The monoisotopic (exact) mass is 342 g/mol. The van der Waals surface area contributed by atoms with Gasteiger partial charge in [-0.15, -0.1) is 0 Å². The van der Waals surface area contributed by atoms with Crippen LogP contribution in [0.15, 0.2) is 48.5 Å². The molecule has 1 saturated heterocycles. The van der Waals surface area contributed by atoms with Crippen LogP contribution in [0.2, 0.25) is 0 Å². The summed E-state index contributed by atoms with van der Waals surface area (Å²) < 4.78 is 0.622. The largest absolute Gasteiger partial charge is 0.383 e. The first-order valence-corrected chi connectivity index (χ1v) is 8.75. The molecule has 1 N–H and O–H groups in total. The van der Waals surface area contributed by atoms with E-state index in [4.69, 9.17) is 12.2 Å². The maximum absolute atomic E-state index is 12.7. The number of hydrogen-bond donors (Lipinski definition) is 1. The molecule has 3 nitrogen and oxygen atoms in total. The molecule has 0 radical (unpaired) electrons. The molecule has 3 rings (SSSR count). The summed E-state index contributed by atoms with van der Waals surface area (Å²) >= 11 is 6.86. The Hall–Kier alpha value is -1.85. The molecule has 0 aliphatic carbocycles. The molecular weight excluding hydrogens is 324 g/mol. The summed E-state index contributed by atoms with van der Waals surface area (Å²) in [5, 5.41) is 3.14. The second kappa shape index (κ2) is 6.72. The predicted molar refractivity (Wildman–Crippen MR) is 102 cm³/mol.